The van der Waals surface area contributed by atoms with E-state index in [2.05, 4.69) is 0 Å². The van der Waals surface area contributed by atoms with Gasteiger partial charge in [-0.05, 0) is 55.8 Å². The molecule has 2 rings (SSSR count). The van der Waals surface area contributed by atoms with E-state index in [1.165, 1.54) is 0 Å². The summed E-state index contributed by atoms with van der Waals surface area (Å²) in [5.74, 6) is 0.106. The maximum absolute atomic E-state index is 11.9. The number of benzene rings is 2. The van der Waals surface area contributed by atoms with Crippen LogP contribution in [0.2, 0.25) is 0 Å². The number of hydrogen-bond acceptors (Lipinski definition) is 3. The second kappa shape index (κ2) is 5.48. The van der Waals surface area contributed by atoms with Gasteiger partial charge in [0.2, 0.25) is 0 Å². The summed E-state index contributed by atoms with van der Waals surface area (Å²) in [5.41, 5.74) is 2.92. The van der Waals surface area contributed by atoms with Crippen LogP contribution in [0, 0.1) is 12.3 Å². The number of esters is 1. The smallest absolute Gasteiger partial charge is 0.343 e. The fourth-order valence-electron chi connectivity index (χ4n) is 1.63. The zero-order valence-electron chi connectivity index (χ0n) is 10.9. The van der Waals surface area contributed by atoms with Crippen LogP contribution in [0.5, 0.6) is 5.75 Å². The lowest BCUT2D eigenvalue weighted by Gasteiger charge is -2.05. The molecule has 0 spiro atoms. The number of carbonyl (C=O) groups is 1. The molecule has 0 aliphatic carbocycles. The first-order chi connectivity index (χ1) is 9.06. The first kappa shape index (κ1) is 13.0. The van der Waals surface area contributed by atoms with Crippen LogP contribution in [0.15, 0.2) is 48.5 Å². The monoisotopic (exact) mass is 253 g/mol. The number of nitrogens with one attached hydrogen (secondary N) is 1. The molecule has 0 aliphatic heterocycles. The van der Waals surface area contributed by atoms with Crippen LogP contribution in [0.1, 0.15) is 28.4 Å². The Labute approximate surface area is 112 Å². The fourth-order valence-corrected chi connectivity index (χ4v) is 1.63. The molecule has 0 atom stereocenters. The van der Waals surface area contributed by atoms with Crippen molar-refractivity contribution >= 4 is 11.7 Å². The molecule has 2 aromatic carbocycles. The van der Waals surface area contributed by atoms with Gasteiger partial charge < -0.3 is 10.1 Å². The highest BCUT2D eigenvalue weighted by Crippen LogP contribution is 2.15. The molecule has 0 heterocycles. The molecule has 2 aromatic rings. The molecule has 0 saturated heterocycles. The number of rotatable bonds is 3. The molecule has 0 amide bonds. The summed E-state index contributed by atoms with van der Waals surface area (Å²) >= 11 is 0. The van der Waals surface area contributed by atoms with Crippen LogP contribution in [0.25, 0.3) is 0 Å². The molecule has 19 heavy (non-hydrogen) atoms. The van der Waals surface area contributed by atoms with E-state index in [1.54, 1.807) is 43.3 Å². The Bertz CT molecular complexity index is 598. The number of carbonyl (C=O) groups excluding carboxylic acids is 1. The molecule has 0 unspecified atom stereocenters. The number of hydrogen-bond donors (Lipinski definition) is 1. The molecule has 0 fully saturated rings. The van der Waals surface area contributed by atoms with Crippen LogP contribution >= 0.6 is 0 Å². The number of aryl methyl sites for hydroxylation is 1. The molecule has 0 aliphatic rings. The third-order valence-corrected chi connectivity index (χ3v) is 2.79. The highest BCUT2D eigenvalue weighted by molar-refractivity contribution is 5.96. The van der Waals surface area contributed by atoms with E-state index in [4.69, 9.17) is 10.1 Å². The standard InChI is InChI=1S/C16H15NO2/c1-11-3-5-14(6-4-11)16(18)19-15-9-7-13(8-10-15)12(2)17/h3-10,17H,1-2H3. The van der Waals surface area contributed by atoms with Crippen molar-refractivity contribution in [1.29, 1.82) is 5.41 Å². The molecule has 3 nitrogen and oxygen atoms in total. The third kappa shape index (κ3) is 3.28. The Morgan fingerprint density at radius 1 is 0.947 bits per heavy atom. The van der Waals surface area contributed by atoms with E-state index in [0.29, 0.717) is 17.0 Å². The lowest BCUT2D eigenvalue weighted by molar-refractivity contribution is 0.0735. The van der Waals surface area contributed by atoms with Crippen molar-refractivity contribution in [3.63, 3.8) is 0 Å². The summed E-state index contributed by atoms with van der Waals surface area (Å²) in [7, 11) is 0. The van der Waals surface area contributed by atoms with Gasteiger partial charge in [0, 0.05) is 5.71 Å². The van der Waals surface area contributed by atoms with E-state index in [-0.39, 0.29) is 5.97 Å². The summed E-state index contributed by atoms with van der Waals surface area (Å²) in [6, 6.07) is 14.1. The predicted molar refractivity (Wildman–Crippen MR) is 75.1 cm³/mol. The Kier molecular flexibility index (Phi) is 3.76. The van der Waals surface area contributed by atoms with Gasteiger partial charge >= 0.3 is 5.97 Å². The average molecular weight is 253 g/mol. The maximum Gasteiger partial charge on any atom is 0.343 e. The van der Waals surface area contributed by atoms with Crippen molar-refractivity contribution in [1.82, 2.24) is 0 Å². The van der Waals surface area contributed by atoms with Gasteiger partial charge in [-0.3, -0.25) is 0 Å². The summed E-state index contributed by atoms with van der Waals surface area (Å²) in [6.45, 7) is 3.68. The maximum atomic E-state index is 11.9. The van der Waals surface area contributed by atoms with Crippen LogP contribution in [0.3, 0.4) is 0 Å². The van der Waals surface area contributed by atoms with E-state index < -0.39 is 0 Å². The normalized spacial score (nSPS) is 10.0. The summed E-state index contributed by atoms with van der Waals surface area (Å²) in [4.78, 5) is 11.9. The van der Waals surface area contributed by atoms with E-state index in [1.807, 2.05) is 19.1 Å². The first-order valence-corrected chi connectivity index (χ1v) is 6.01. The number of ether oxygens (including phenoxy) is 1. The quantitative estimate of drug-likeness (QED) is 0.516. The highest BCUT2D eigenvalue weighted by atomic mass is 16.5. The predicted octanol–water partition coefficient (Wildman–Crippen LogP) is 3.60. The highest BCUT2D eigenvalue weighted by Gasteiger charge is 2.08. The second-order valence-corrected chi connectivity index (χ2v) is 4.40. The van der Waals surface area contributed by atoms with Gasteiger partial charge in [-0.15, -0.1) is 0 Å². The minimum Gasteiger partial charge on any atom is -0.423 e. The fraction of sp³-hybridized carbons (Fsp3) is 0.125. The third-order valence-electron chi connectivity index (χ3n) is 2.79. The molecule has 0 aromatic heterocycles. The lowest BCUT2D eigenvalue weighted by atomic mass is 10.1. The zero-order chi connectivity index (χ0) is 13.8. The Morgan fingerprint density at radius 2 is 1.47 bits per heavy atom. The van der Waals surface area contributed by atoms with Crippen LogP contribution in [-0.2, 0) is 0 Å². The van der Waals surface area contributed by atoms with Gasteiger partial charge in [-0.2, -0.15) is 0 Å². The lowest BCUT2D eigenvalue weighted by Crippen LogP contribution is -2.08. The summed E-state index contributed by atoms with van der Waals surface area (Å²) < 4.78 is 5.27. The first-order valence-electron chi connectivity index (χ1n) is 6.01. The Hall–Kier alpha value is -2.42. The minimum absolute atomic E-state index is 0.376. The zero-order valence-corrected chi connectivity index (χ0v) is 10.9. The largest absolute Gasteiger partial charge is 0.423 e. The molecule has 0 radical (unpaired) electrons. The molecule has 0 saturated carbocycles. The van der Waals surface area contributed by atoms with Gasteiger partial charge in [-0.1, -0.05) is 17.7 Å². The second-order valence-electron chi connectivity index (χ2n) is 4.40. The van der Waals surface area contributed by atoms with E-state index in [0.717, 1.165) is 11.1 Å². The Morgan fingerprint density at radius 3 is 2.00 bits per heavy atom. The minimum atomic E-state index is -0.376. The van der Waals surface area contributed by atoms with Crippen molar-refractivity contribution in [3.8, 4) is 5.75 Å². The van der Waals surface area contributed by atoms with Gasteiger partial charge in [0.1, 0.15) is 5.75 Å². The van der Waals surface area contributed by atoms with Crippen molar-refractivity contribution in [2.75, 3.05) is 0 Å². The average Bonchev–Trinajstić information content (AvgIpc) is 2.40. The molecular weight excluding hydrogens is 238 g/mol. The summed E-state index contributed by atoms with van der Waals surface area (Å²) in [5, 5.41) is 7.49. The SMILES string of the molecule is CC(=N)c1ccc(OC(=O)c2ccc(C)cc2)cc1. The van der Waals surface area contributed by atoms with Gasteiger partial charge in [-0.25, -0.2) is 4.79 Å². The van der Waals surface area contributed by atoms with E-state index in [9.17, 15) is 4.79 Å². The topological polar surface area (TPSA) is 50.1 Å². The van der Waals surface area contributed by atoms with E-state index >= 15 is 0 Å². The molecule has 96 valence electrons. The van der Waals surface area contributed by atoms with Crippen molar-refractivity contribution < 1.29 is 9.53 Å². The molecule has 0 bridgehead atoms. The van der Waals surface area contributed by atoms with Gasteiger partial charge in [0.15, 0.2) is 0 Å². The van der Waals surface area contributed by atoms with Crippen molar-refractivity contribution in [2.24, 2.45) is 0 Å². The van der Waals surface area contributed by atoms with Crippen molar-refractivity contribution in [2.45, 2.75) is 13.8 Å². The molecule has 3 heteroatoms. The van der Waals surface area contributed by atoms with Crippen LogP contribution < -0.4 is 4.74 Å². The van der Waals surface area contributed by atoms with Gasteiger partial charge in [0.05, 0.1) is 5.56 Å². The Balaban J connectivity index is 2.10. The van der Waals surface area contributed by atoms with Gasteiger partial charge in [0.25, 0.3) is 0 Å². The molecule has 1 N–H and O–H groups in total. The molecular formula is C16H15NO2. The van der Waals surface area contributed by atoms with Crippen molar-refractivity contribution in [3.05, 3.63) is 65.2 Å². The summed E-state index contributed by atoms with van der Waals surface area (Å²) in [6.07, 6.45) is 0. The van der Waals surface area contributed by atoms with Crippen LogP contribution in [-0.4, -0.2) is 11.7 Å². The van der Waals surface area contributed by atoms with Crippen LogP contribution in [0.4, 0.5) is 0 Å².